The second-order valence-corrected chi connectivity index (χ2v) is 6.95. The number of carbonyl (C=O) groups is 2. The first-order valence-electron chi connectivity index (χ1n) is 6.06. The van der Waals surface area contributed by atoms with Gasteiger partial charge in [0.25, 0.3) is 0 Å². The van der Waals surface area contributed by atoms with E-state index in [1.807, 2.05) is 0 Å². The van der Waals surface area contributed by atoms with E-state index >= 15 is 0 Å². The molecule has 18 heavy (non-hydrogen) atoms. The second kappa shape index (κ2) is 5.69. The van der Waals surface area contributed by atoms with E-state index in [-0.39, 0.29) is 6.42 Å². The van der Waals surface area contributed by atoms with Crippen LogP contribution in [0.15, 0.2) is 0 Å². The Morgan fingerprint density at radius 2 is 1.78 bits per heavy atom. The molecule has 0 saturated carbocycles. The molecule has 0 radical (unpaired) electrons. The maximum absolute atomic E-state index is 12.1. The van der Waals surface area contributed by atoms with Crippen LogP contribution in [0.25, 0.3) is 0 Å². The first-order chi connectivity index (χ1) is 8.32. The van der Waals surface area contributed by atoms with E-state index in [4.69, 9.17) is 5.11 Å². The van der Waals surface area contributed by atoms with E-state index in [1.54, 1.807) is 0 Å². The third-order valence-corrected chi connectivity index (χ3v) is 5.82. The van der Waals surface area contributed by atoms with Crippen molar-refractivity contribution in [3.63, 3.8) is 0 Å². The summed E-state index contributed by atoms with van der Waals surface area (Å²) in [6.07, 6.45) is 1.71. The Balaban J connectivity index is 2.89. The van der Waals surface area contributed by atoms with E-state index in [1.165, 1.54) is 18.7 Å². The van der Waals surface area contributed by atoms with Crippen molar-refractivity contribution in [2.75, 3.05) is 13.1 Å². The van der Waals surface area contributed by atoms with Crippen molar-refractivity contribution in [3.8, 4) is 0 Å². The summed E-state index contributed by atoms with van der Waals surface area (Å²) in [5.41, 5.74) is 0. The standard InChI is InChI=1S/C11H19NO5S/c1-3-9(11(14)15)18(16,17)8(2)10(13)12-6-4-5-7-12/h8-9H,3-7H2,1-2H3,(H,14,15). The SMILES string of the molecule is CCC(C(=O)O)S(=O)(=O)C(C)C(=O)N1CCCC1. The molecule has 1 rings (SSSR count). The maximum atomic E-state index is 12.1. The van der Waals surface area contributed by atoms with Gasteiger partial charge in [-0.15, -0.1) is 0 Å². The van der Waals surface area contributed by atoms with Crippen LogP contribution < -0.4 is 0 Å². The molecule has 7 heteroatoms. The Bertz CT molecular complexity index is 425. The van der Waals surface area contributed by atoms with Gasteiger partial charge in [-0.25, -0.2) is 8.42 Å². The second-order valence-electron chi connectivity index (χ2n) is 4.50. The number of hydrogen-bond acceptors (Lipinski definition) is 4. The molecule has 1 fully saturated rings. The Kier molecular flexibility index (Phi) is 4.72. The molecule has 0 aromatic heterocycles. The summed E-state index contributed by atoms with van der Waals surface area (Å²) in [6, 6.07) is 0. The van der Waals surface area contributed by atoms with Crippen LogP contribution in [-0.4, -0.2) is 53.9 Å². The Morgan fingerprint density at radius 3 is 2.17 bits per heavy atom. The summed E-state index contributed by atoms with van der Waals surface area (Å²) in [4.78, 5) is 24.4. The average molecular weight is 277 g/mol. The monoisotopic (exact) mass is 277 g/mol. The van der Waals surface area contributed by atoms with Crippen LogP contribution >= 0.6 is 0 Å². The van der Waals surface area contributed by atoms with Gasteiger partial charge in [-0.05, 0) is 26.2 Å². The van der Waals surface area contributed by atoms with Crippen LogP contribution in [0.2, 0.25) is 0 Å². The zero-order valence-corrected chi connectivity index (χ0v) is 11.4. The molecule has 0 aromatic rings. The van der Waals surface area contributed by atoms with Gasteiger partial charge in [-0.2, -0.15) is 0 Å². The number of hydrogen-bond donors (Lipinski definition) is 1. The van der Waals surface area contributed by atoms with Crippen LogP contribution in [0.4, 0.5) is 0 Å². The first-order valence-corrected chi connectivity index (χ1v) is 7.67. The predicted octanol–water partition coefficient (Wildman–Crippen LogP) is 0.275. The normalized spacial score (nSPS) is 19.6. The van der Waals surface area contributed by atoms with Gasteiger partial charge in [0.05, 0.1) is 0 Å². The molecule has 104 valence electrons. The Morgan fingerprint density at radius 1 is 1.28 bits per heavy atom. The number of aliphatic carboxylic acids is 1. The van der Waals surface area contributed by atoms with Gasteiger partial charge < -0.3 is 10.0 Å². The largest absolute Gasteiger partial charge is 0.480 e. The molecule has 1 saturated heterocycles. The Hall–Kier alpha value is -1.11. The highest BCUT2D eigenvalue weighted by Gasteiger charge is 2.40. The number of rotatable bonds is 5. The fourth-order valence-corrected chi connectivity index (χ4v) is 3.80. The fourth-order valence-electron chi connectivity index (χ4n) is 2.13. The lowest BCUT2D eigenvalue weighted by Crippen LogP contribution is -2.45. The Labute approximate surface area is 107 Å². The number of carbonyl (C=O) groups excluding carboxylic acids is 1. The smallest absolute Gasteiger partial charge is 0.321 e. The molecule has 0 spiro atoms. The highest BCUT2D eigenvalue weighted by atomic mass is 32.2. The molecule has 1 heterocycles. The minimum Gasteiger partial charge on any atom is -0.480 e. The number of amides is 1. The van der Waals surface area contributed by atoms with Gasteiger partial charge in [-0.1, -0.05) is 6.92 Å². The summed E-state index contributed by atoms with van der Waals surface area (Å²) >= 11 is 0. The quantitative estimate of drug-likeness (QED) is 0.779. The minimum atomic E-state index is -3.98. The zero-order valence-electron chi connectivity index (χ0n) is 10.6. The van der Waals surface area contributed by atoms with Crippen molar-refractivity contribution >= 4 is 21.7 Å². The molecule has 2 unspecified atom stereocenters. The maximum Gasteiger partial charge on any atom is 0.321 e. The van der Waals surface area contributed by atoms with Gasteiger partial charge >= 0.3 is 5.97 Å². The van der Waals surface area contributed by atoms with Crippen LogP contribution in [0.1, 0.15) is 33.1 Å². The summed E-state index contributed by atoms with van der Waals surface area (Å²) in [7, 11) is -3.98. The third kappa shape index (κ3) is 2.82. The van der Waals surface area contributed by atoms with Gasteiger partial charge in [0, 0.05) is 13.1 Å². The van der Waals surface area contributed by atoms with Crippen LogP contribution in [0, 0.1) is 0 Å². The van der Waals surface area contributed by atoms with Crippen molar-refractivity contribution in [2.45, 2.75) is 43.6 Å². The summed E-state index contributed by atoms with van der Waals surface area (Å²) < 4.78 is 24.1. The molecule has 1 aliphatic heterocycles. The third-order valence-electron chi connectivity index (χ3n) is 3.30. The average Bonchev–Trinajstić information content (AvgIpc) is 2.80. The van der Waals surface area contributed by atoms with E-state index in [0.29, 0.717) is 13.1 Å². The van der Waals surface area contributed by atoms with Gasteiger partial charge in [0.1, 0.15) is 5.25 Å². The summed E-state index contributed by atoms with van der Waals surface area (Å²) in [5.74, 6) is -1.87. The summed E-state index contributed by atoms with van der Waals surface area (Å²) in [6.45, 7) is 3.89. The van der Waals surface area contributed by atoms with Crippen LogP contribution in [0.3, 0.4) is 0 Å². The highest BCUT2D eigenvalue weighted by molar-refractivity contribution is 7.94. The fraction of sp³-hybridized carbons (Fsp3) is 0.818. The lowest BCUT2D eigenvalue weighted by molar-refractivity contribution is -0.136. The number of carboxylic acids is 1. The zero-order chi connectivity index (χ0) is 13.9. The number of nitrogens with zero attached hydrogens (tertiary/aromatic N) is 1. The highest BCUT2D eigenvalue weighted by Crippen LogP contribution is 2.18. The molecule has 2 atom stereocenters. The minimum absolute atomic E-state index is 0.0325. The van der Waals surface area contributed by atoms with Crippen molar-refractivity contribution in [1.29, 1.82) is 0 Å². The van der Waals surface area contributed by atoms with E-state index in [0.717, 1.165) is 12.8 Å². The number of likely N-dealkylation sites (tertiary alicyclic amines) is 1. The topological polar surface area (TPSA) is 91.7 Å². The molecule has 0 bridgehead atoms. The number of sulfone groups is 1. The van der Waals surface area contributed by atoms with E-state index in [9.17, 15) is 18.0 Å². The van der Waals surface area contributed by atoms with Gasteiger partial charge in [0.2, 0.25) is 5.91 Å². The number of carboxylic acid groups (broad SMARTS) is 1. The van der Waals surface area contributed by atoms with E-state index in [2.05, 4.69) is 0 Å². The van der Waals surface area contributed by atoms with Crippen molar-refractivity contribution in [2.24, 2.45) is 0 Å². The molecule has 1 N–H and O–H groups in total. The molecule has 0 aliphatic carbocycles. The van der Waals surface area contributed by atoms with Crippen LogP contribution in [-0.2, 0) is 19.4 Å². The van der Waals surface area contributed by atoms with Gasteiger partial charge in [0.15, 0.2) is 15.1 Å². The van der Waals surface area contributed by atoms with Crippen molar-refractivity contribution in [3.05, 3.63) is 0 Å². The van der Waals surface area contributed by atoms with Crippen LogP contribution in [0.5, 0.6) is 0 Å². The molecule has 1 amide bonds. The molecule has 0 aromatic carbocycles. The molecular formula is C11H19NO5S. The lowest BCUT2D eigenvalue weighted by Gasteiger charge is -2.22. The molecule has 6 nitrogen and oxygen atoms in total. The van der Waals surface area contributed by atoms with Crippen molar-refractivity contribution in [1.82, 2.24) is 4.90 Å². The van der Waals surface area contributed by atoms with Crippen molar-refractivity contribution < 1.29 is 23.1 Å². The molecular weight excluding hydrogens is 258 g/mol. The van der Waals surface area contributed by atoms with Gasteiger partial charge in [-0.3, -0.25) is 9.59 Å². The summed E-state index contributed by atoms with van der Waals surface area (Å²) in [5, 5.41) is 6.12. The molecule has 1 aliphatic rings. The predicted molar refractivity (Wildman–Crippen MR) is 65.9 cm³/mol. The lowest BCUT2D eigenvalue weighted by atomic mass is 10.3. The van der Waals surface area contributed by atoms with E-state index < -0.39 is 32.2 Å². The first kappa shape index (κ1) is 14.9.